The number of hydrogen-bond donors (Lipinski definition) is 1. The summed E-state index contributed by atoms with van der Waals surface area (Å²) >= 11 is 0. The van der Waals surface area contributed by atoms with Gasteiger partial charge in [-0.15, -0.1) is 10.2 Å². The molecule has 0 spiro atoms. The van der Waals surface area contributed by atoms with E-state index in [4.69, 9.17) is 9.97 Å². The molecule has 0 radical (unpaired) electrons. The van der Waals surface area contributed by atoms with Crippen LogP contribution in [-0.2, 0) is 6.54 Å². The second kappa shape index (κ2) is 8.85. The van der Waals surface area contributed by atoms with E-state index in [-0.39, 0.29) is 6.04 Å². The number of nitrogens with zero attached hydrogens (tertiary/aromatic N) is 8. The Kier molecular flexibility index (Phi) is 5.95. The molecule has 0 atom stereocenters. The fourth-order valence-corrected chi connectivity index (χ4v) is 3.68. The lowest BCUT2D eigenvalue weighted by molar-refractivity contribution is 0.804. The van der Waals surface area contributed by atoms with Crippen molar-refractivity contribution in [1.29, 1.82) is 0 Å². The summed E-state index contributed by atoms with van der Waals surface area (Å²) in [6.07, 6.45) is 5.49. The van der Waals surface area contributed by atoms with Gasteiger partial charge in [-0.25, -0.2) is 9.97 Å². The standard InChI is InChI=1S/C24H29N9/c1-8-9-17(25-5)13-33-21-12-18(31(6)7)10-11-19(21)28-23(33)20-14-32-16(4)29-30-24(32)22(27-20)26-15(2)3/h8-12,14-15H,1,5,13H2,2-4,6-7H3,(H,26,27)/b17-9-. The Balaban J connectivity index is 2.00. The molecule has 0 unspecified atom stereocenters. The molecule has 0 amide bonds. The predicted molar refractivity (Wildman–Crippen MR) is 135 cm³/mol. The molecule has 9 heteroatoms. The first kappa shape index (κ1) is 22.2. The van der Waals surface area contributed by atoms with Crippen LogP contribution in [0.5, 0.6) is 0 Å². The molecule has 3 aromatic heterocycles. The van der Waals surface area contributed by atoms with Gasteiger partial charge in [0, 0.05) is 32.0 Å². The number of allylic oxidation sites excluding steroid dienone is 3. The SMILES string of the molecule is C=C/C=C(/Cn1c(-c2cn3c(C)nnc3c(NC(C)C)n2)nc2ccc(N(C)C)cc21)N=C. The fourth-order valence-electron chi connectivity index (χ4n) is 3.68. The zero-order valence-corrected chi connectivity index (χ0v) is 19.7. The van der Waals surface area contributed by atoms with Crippen molar-refractivity contribution in [3.63, 3.8) is 0 Å². The normalized spacial score (nSPS) is 12.0. The molecule has 0 aliphatic heterocycles. The lowest BCUT2D eigenvalue weighted by atomic mass is 10.2. The molecule has 0 saturated carbocycles. The second-order valence-electron chi connectivity index (χ2n) is 8.36. The highest BCUT2D eigenvalue weighted by atomic mass is 15.3. The molecule has 0 aliphatic rings. The van der Waals surface area contributed by atoms with Crippen LogP contribution in [0.1, 0.15) is 19.7 Å². The summed E-state index contributed by atoms with van der Waals surface area (Å²) in [5, 5.41) is 11.9. The Morgan fingerprint density at radius 1 is 1.24 bits per heavy atom. The van der Waals surface area contributed by atoms with E-state index in [1.165, 1.54) is 0 Å². The third-order valence-corrected chi connectivity index (χ3v) is 5.30. The summed E-state index contributed by atoms with van der Waals surface area (Å²) in [7, 11) is 4.04. The molecular formula is C24H29N9. The second-order valence-corrected chi connectivity index (χ2v) is 8.36. The lowest BCUT2D eigenvalue weighted by Gasteiger charge is -2.15. The first-order valence-corrected chi connectivity index (χ1v) is 10.8. The van der Waals surface area contributed by atoms with E-state index in [9.17, 15) is 0 Å². The van der Waals surface area contributed by atoms with E-state index < -0.39 is 0 Å². The lowest BCUT2D eigenvalue weighted by Crippen LogP contribution is -2.14. The summed E-state index contributed by atoms with van der Waals surface area (Å²) in [6.45, 7) is 14.1. The minimum absolute atomic E-state index is 0.183. The van der Waals surface area contributed by atoms with Gasteiger partial charge in [0.25, 0.3) is 0 Å². The Morgan fingerprint density at radius 3 is 2.70 bits per heavy atom. The Morgan fingerprint density at radius 2 is 2.03 bits per heavy atom. The number of anilines is 2. The summed E-state index contributed by atoms with van der Waals surface area (Å²) in [5.74, 6) is 2.17. The molecule has 4 rings (SSSR count). The topological polar surface area (TPSA) is 88.5 Å². The monoisotopic (exact) mass is 443 g/mol. The first-order chi connectivity index (χ1) is 15.8. The van der Waals surface area contributed by atoms with Crippen molar-refractivity contribution in [2.75, 3.05) is 24.3 Å². The van der Waals surface area contributed by atoms with Crippen molar-refractivity contribution in [2.45, 2.75) is 33.4 Å². The smallest absolute Gasteiger partial charge is 0.203 e. The number of aryl methyl sites for hydroxylation is 1. The average Bonchev–Trinajstić information content (AvgIpc) is 3.33. The quantitative estimate of drug-likeness (QED) is 0.326. The van der Waals surface area contributed by atoms with Gasteiger partial charge in [-0.1, -0.05) is 12.7 Å². The predicted octanol–water partition coefficient (Wildman–Crippen LogP) is 4.11. The number of nitrogens with one attached hydrogen (secondary N) is 1. The summed E-state index contributed by atoms with van der Waals surface area (Å²) in [6, 6.07) is 6.39. The Hall–Kier alpha value is -4.01. The van der Waals surface area contributed by atoms with Crippen molar-refractivity contribution >= 4 is 34.9 Å². The van der Waals surface area contributed by atoms with Crippen LogP contribution in [0.4, 0.5) is 11.5 Å². The molecule has 0 saturated heterocycles. The number of hydrogen-bond acceptors (Lipinski definition) is 7. The van der Waals surface area contributed by atoms with E-state index in [2.05, 4.69) is 69.3 Å². The van der Waals surface area contributed by atoms with E-state index in [0.717, 1.165) is 34.1 Å². The highest BCUT2D eigenvalue weighted by Crippen LogP contribution is 2.29. The van der Waals surface area contributed by atoms with Gasteiger partial charge in [0.1, 0.15) is 11.5 Å². The van der Waals surface area contributed by atoms with Gasteiger partial charge < -0.3 is 14.8 Å². The summed E-state index contributed by atoms with van der Waals surface area (Å²) < 4.78 is 4.05. The Bertz CT molecular complexity index is 1370. The van der Waals surface area contributed by atoms with Gasteiger partial charge in [0.15, 0.2) is 11.6 Å². The highest BCUT2D eigenvalue weighted by molar-refractivity contribution is 5.84. The van der Waals surface area contributed by atoms with Crippen LogP contribution in [0, 0.1) is 6.92 Å². The molecule has 1 N–H and O–H groups in total. The number of aromatic nitrogens is 6. The van der Waals surface area contributed by atoms with Gasteiger partial charge in [0.2, 0.25) is 5.65 Å². The maximum Gasteiger partial charge on any atom is 0.203 e. The largest absolute Gasteiger partial charge is 0.378 e. The number of fused-ring (bicyclic) bond motifs is 2. The van der Waals surface area contributed by atoms with Gasteiger partial charge >= 0.3 is 0 Å². The van der Waals surface area contributed by atoms with E-state index in [1.807, 2.05) is 43.8 Å². The molecule has 3 heterocycles. The zero-order chi connectivity index (χ0) is 23.7. The summed E-state index contributed by atoms with van der Waals surface area (Å²) in [4.78, 5) is 16.1. The third kappa shape index (κ3) is 4.21. The van der Waals surface area contributed by atoms with Crippen LogP contribution in [0.3, 0.4) is 0 Å². The fraction of sp³-hybridized carbons (Fsp3) is 0.292. The molecular weight excluding hydrogens is 414 g/mol. The van der Waals surface area contributed by atoms with Crippen LogP contribution >= 0.6 is 0 Å². The first-order valence-electron chi connectivity index (χ1n) is 10.8. The zero-order valence-electron chi connectivity index (χ0n) is 19.7. The van der Waals surface area contributed by atoms with E-state index in [1.54, 1.807) is 6.08 Å². The highest BCUT2D eigenvalue weighted by Gasteiger charge is 2.19. The Labute approximate surface area is 193 Å². The molecule has 4 aromatic rings. The van der Waals surface area contributed by atoms with Crippen molar-refractivity contribution in [3.8, 4) is 11.5 Å². The molecule has 170 valence electrons. The molecule has 0 bridgehead atoms. The molecule has 0 fully saturated rings. The van der Waals surface area contributed by atoms with Crippen LogP contribution in [0.25, 0.3) is 28.2 Å². The van der Waals surface area contributed by atoms with Crippen molar-refractivity contribution in [1.82, 2.24) is 29.1 Å². The molecule has 33 heavy (non-hydrogen) atoms. The minimum atomic E-state index is 0.183. The number of rotatable bonds is 8. The van der Waals surface area contributed by atoms with Crippen LogP contribution in [-0.4, -0.2) is 56.0 Å². The maximum absolute atomic E-state index is 4.96. The van der Waals surface area contributed by atoms with Crippen molar-refractivity contribution in [3.05, 3.63) is 54.6 Å². The van der Waals surface area contributed by atoms with Crippen LogP contribution in [0.15, 0.2) is 53.8 Å². The minimum Gasteiger partial charge on any atom is -0.378 e. The van der Waals surface area contributed by atoms with E-state index >= 15 is 0 Å². The van der Waals surface area contributed by atoms with Gasteiger partial charge in [0.05, 0.1) is 23.3 Å². The van der Waals surface area contributed by atoms with Gasteiger partial charge in [-0.2, -0.15) is 0 Å². The number of benzene rings is 1. The van der Waals surface area contributed by atoms with Gasteiger partial charge in [-0.3, -0.25) is 9.39 Å². The average molecular weight is 444 g/mol. The van der Waals surface area contributed by atoms with Crippen molar-refractivity contribution < 1.29 is 0 Å². The number of aliphatic imine (C=N–C) groups is 1. The van der Waals surface area contributed by atoms with Crippen LogP contribution < -0.4 is 10.2 Å². The summed E-state index contributed by atoms with van der Waals surface area (Å²) in [5.41, 5.74) is 5.11. The number of imidazole rings is 1. The van der Waals surface area contributed by atoms with Crippen molar-refractivity contribution in [2.24, 2.45) is 4.99 Å². The third-order valence-electron chi connectivity index (χ3n) is 5.30. The molecule has 9 nitrogen and oxygen atoms in total. The van der Waals surface area contributed by atoms with Crippen LogP contribution in [0.2, 0.25) is 0 Å². The molecule has 0 aliphatic carbocycles. The van der Waals surface area contributed by atoms with Gasteiger partial charge in [-0.05, 0) is 51.8 Å². The maximum atomic E-state index is 4.96. The van der Waals surface area contributed by atoms with E-state index in [0.29, 0.717) is 23.7 Å². The molecule has 1 aromatic carbocycles.